The first-order valence-electron chi connectivity index (χ1n) is 9.11. The zero-order valence-corrected chi connectivity index (χ0v) is 16.0. The highest BCUT2D eigenvalue weighted by molar-refractivity contribution is 5.86. The summed E-state index contributed by atoms with van der Waals surface area (Å²) in [7, 11) is 1.27. The molecular formula is C21H23NO6. The van der Waals surface area contributed by atoms with Gasteiger partial charge in [0.2, 0.25) is 11.7 Å². The number of benzene rings is 1. The van der Waals surface area contributed by atoms with Crippen molar-refractivity contribution >= 4 is 17.8 Å². The van der Waals surface area contributed by atoms with Crippen LogP contribution in [0.15, 0.2) is 46.9 Å². The molecule has 0 spiro atoms. The summed E-state index contributed by atoms with van der Waals surface area (Å²) in [6.45, 7) is 2.43. The lowest BCUT2D eigenvalue weighted by molar-refractivity contribution is -0.156. The van der Waals surface area contributed by atoms with Crippen molar-refractivity contribution in [3.63, 3.8) is 0 Å². The quantitative estimate of drug-likeness (QED) is 0.736. The molecule has 7 heteroatoms. The van der Waals surface area contributed by atoms with E-state index in [1.54, 1.807) is 11.0 Å². The molecule has 1 aromatic carbocycles. The summed E-state index contributed by atoms with van der Waals surface area (Å²) in [5.74, 6) is -0.534. The molecule has 1 aliphatic heterocycles. The number of carbonyl (C=O) groups excluding carboxylic acids is 3. The lowest BCUT2D eigenvalue weighted by Crippen LogP contribution is -2.49. The number of methoxy groups -OCH3 is 1. The molecule has 2 heterocycles. The first-order valence-corrected chi connectivity index (χ1v) is 9.11. The molecule has 0 N–H and O–H groups in total. The molecular weight excluding hydrogens is 362 g/mol. The Kier molecular flexibility index (Phi) is 5.82. The summed E-state index contributed by atoms with van der Waals surface area (Å²) >= 11 is 0. The number of ether oxygens (including phenoxy) is 2. The van der Waals surface area contributed by atoms with Crippen molar-refractivity contribution in [2.75, 3.05) is 20.2 Å². The number of hydrogen-bond acceptors (Lipinski definition) is 6. The number of hydrogen-bond donors (Lipinski definition) is 0. The number of esters is 2. The number of amides is 1. The van der Waals surface area contributed by atoms with Crippen molar-refractivity contribution in [2.24, 2.45) is 0 Å². The molecule has 0 atom stereocenters. The van der Waals surface area contributed by atoms with E-state index in [-0.39, 0.29) is 24.2 Å². The van der Waals surface area contributed by atoms with Gasteiger partial charge in [-0.25, -0.2) is 4.79 Å². The van der Waals surface area contributed by atoms with E-state index in [1.807, 2.05) is 30.3 Å². The molecule has 1 fully saturated rings. The van der Waals surface area contributed by atoms with Gasteiger partial charge in [0.25, 0.3) is 0 Å². The smallest absolute Gasteiger partial charge is 0.373 e. The average molecular weight is 385 g/mol. The molecule has 0 bridgehead atoms. The Morgan fingerprint density at radius 3 is 2.36 bits per heavy atom. The lowest BCUT2D eigenvalue weighted by Gasteiger charge is -2.40. The van der Waals surface area contributed by atoms with Crippen LogP contribution in [0, 0.1) is 0 Å². The molecule has 3 rings (SSSR count). The number of piperidine rings is 1. The average Bonchev–Trinajstić information content (AvgIpc) is 3.21. The first-order chi connectivity index (χ1) is 13.5. The van der Waals surface area contributed by atoms with Gasteiger partial charge in [-0.2, -0.15) is 0 Å². The van der Waals surface area contributed by atoms with Crippen LogP contribution in [0.5, 0.6) is 0 Å². The normalized spacial score (nSPS) is 15.7. The second kappa shape index (κ2) is 8.29. The Bertz CT molecular complexity index is 849. The third-order valence-corrected chi connectivity index (χ3v) is 5.17. The Morgan fingerprint density at radius 2 is 1.75 bits per heavy atom. The number of furan rings is 1. The maximum Gasteiger partial charge on any atom is 0.373 e. The second-order valence-electron chi connectivity index (χ2n) is 6.79. The largest absolute Gasteiger partial charge is 0.463 e. The van der Waals surface area contributed by atoms with Crippen LogP contribution in [-0.2, 0) is 31.1 Å². The third kappa shape index (κ3) is 3.93. The summed E-state index contributed by atoms with van der Waals surface area (Å²) in [6.07, 6.45) is 0.974. The van der Waals surface area contributed by atoms with E-state index in [0.29, 0.717) is 31.7 Å². The molecule has 0 saturated carbocycles. The highest BCUT2D eigenvalue weighted by Crippen LogP contribution is 2.37. The number of likely N-dealkylation sites (tertiary alicyclic amines) is 1. The molecule has 0 radical (unpaired) electrons. The monoisotopic (exact) mass is 385 g/mol. The van der Waals surface area contributed by atoms with Crippen LogP contribution in [-0.4, -0.2) is 42.9 Å². The minimum Gasteiger partial charge on any atom is -0.463 e. The van der Waals surface area contributed by atoms with Crippen LogP contribution in [0.2, 0.25) is 0 Å². The lowest BCUT2D eigenvalue weighted by atomic mass is 9.72. The minimum absolute atomic E-state index is 0.000884. The molecule has 1 aliphatic rings. The van der Waals surface area contributed by atoms with E-state index in [9.17, 15) is 14.4 Å². The van der Waals surface area contributed by atoms with Crippen LogP contribution < -0.4 is 0 Å². The van der Waals surface area contributed by atoms with E-state index in [4.69, 9.17) is 9.15 Å². The molecule has 0 unspecified atom stereocenters. The molecule has 1 saturated heterocycles. The second-order valence-corrected chi connectivity index (χ2v) is 6.79. The van der Waals surface area contributed by atoms with Gasteiger partial charge in [-0.3, -0.25) is 9.59 Å². The van der Waals surface area contributed by atoms with Crippen LogP contribution in [0.4, 0.5) is 0 Å². The van der Waals surface area contributed by atoms with Crippen LogP contribution in [0.25, 0.3) is 0 Å². The van der Waals surface area contributed by atoms with Crippen LogP contribution >= 0.6 is 0 Å². The Morgan fingerprint density at radius 1 is 1.07 bits per heavy atom. The molecule has 7 nitrogen and oxygen atoms in total. The summed E-state index contributed by atoms with van der Waals surface area (Å²) < 4.78 is 15.5. The fourth-order valence-electron chi connectivity index (χ4n) is 3.51. The summed E-state index contributed by atoms with van der Waals surface area (Å²) in [5.41, 5.74) is 0.0586. The molecule has 0 aliphatic carbocycles. The van der Waals surface area contributed by atoms with E-state index in [0.717, 1.165) is 5.56 Å². The fourth-order valence-corrected chi connectivity index (χ4v) is 3.51. The van der Waals surface area contributed by atoms with Crippen molar-refractivity contribution in [2.45, 2.75) is 31.8 Å². The van der Waals surface area contributed by atoms with Gasteiger partial charge >= 0.3 is 11.9 Å². The van der Waals surface area contributed by atoms with Gasteiger partial charge in [0.15, 0.2) is 0 Å². The van der Waals surface area contributed by atoms with Gasteiger partial charge in [0.1, 0.15) is 12.4 Å². The SMILES string of the molecule is COC(=O)c1ccc(COC(=O)C2(c3ccccc3)CCN(C(C)=O)CC2)o1. The van der Waals surface area contributed by atoms with Crippen LogP contribution in [0.3, 0.4) is 0 Å². The highest BCUT2D eigenvalue weighted by Gasteiger charge is 2.44. The van der Waals surface area contributed by atoms with Crippen LogP contribution in [0.1, 0.15) is 41.6 Å². The number of carbonyl (C=O) groups is 3. The van der Waals surface area contributed by atoms with E-state index in [2.05, 4.69) is 4.74 Å². The van der Waals surface area contributed by atoms with Crippen molar-refractivity contribution < 1.29 is 28.3 Å². The predicted octanol–water partition coefficient (Wildman–Crippen LogP) is 2.69. The number of rotatable bonds is 5. The van der Waals surface area contributed by atoms with Gasteiger partial charge in [0, 0.05) is 20.0 Å². The molecule has 1 amide bonds. The van der Waals surface area contributed by atoms with Crippen molar-refractivity contribution in [3.05, 3.63) is 59.5 Å². The van der Waals surface area contributed by atoms with E-state index >= 15 is 0 Å². The maximum atomic E-state index is 13.1. The Hall–Kier alpha value is -3.09. The summed E-state index contributed by atoms with van der Waals surface area (Å²) in [6, 6.07) is 12.5. The maximum absolute atomic E-state index is 13.1. The molecule has 2 aromatic rings. The van der Waals surface area contributed by atoms with Gasteiger partial charge in [0.05, 0.1) is 12.5 Å². The van der Waals surface area contributed by atoms with Crippen molar-refractivity contribution in [1.82, 2.24) is 4.90 Å². The van der Waals surface area contributed by atoms with Crippen molar-refractivity contribution in [3.8, 4) is 0 Å². The van der Waals surface area contributed by atoms with Gasteiger partial charge < -0.3 is 18.8 Å². The van der Waals surface area contributed by atoms with E-state index < -0.39 is 11.4 Å². The van der Waals surface area contributed by atoms with Gasteiger partial charge in [-0.05, 0) is 30.5 Å². The first kappa shape index (κ1) is 19.7. The number of nitrogens with zero attached hydrogens (tertiary/aromatic N) is 1. The molecule has 148 valence electrons. The van der Waals surface area contributed by atoms with Gasteiger partial charge in [-0.1, -0.05) is 30.3 Å². The van der Waals surface area contributed by atoms with E-state index in [1.165, 1.54) is 20.1 Å². The zero-order chi connectivity index (χ0) is 20.1. The predicted molar refractivity (Wildman–Crippen MR) is 99.5 cm³/mol. The minimum atomic E-state index is -0.815. The highest BCUT2D eigenvalue weighted by atomic mass is 16.6. The fraction of sp³-hybridized carbons (Fsp3) is 0.381. The standard InChI is InChI=1S/C21H23NO6/c1-15(23)22-12-10-21(11-13-22,16-6-4-3-5-7-16)20(25)27-14-17-8-9-18(28-17)19(24)26-2/h3-9H,10-14H2,1-2H3. The van der Waals surface area contributed by atoms with Gasteiger partial charge in [-0.15, -0.1) is 0 Å². The summed E-state index contributed by atoms with van der Waals surface area (Å²) in [4.78, 5) is 38.0. The Labute approximate surface area is 163 Å². The molecule has 1 aromatic heterocycles. The molecule has 28 heavy (non-hydrogen) atoms. The Balaban J connectivity index is 1.75. The summed E-state index contributed by atoms with van der Waals surface area (Å²) in [5, 5.41) is 0. The van der Waals surface area contributed by atoms with Crippen molar-refractivity contribution in [1.29, 1.82) is 0 Å². The third-order valence-electron chi connectivity index (χ3n) is 5.17. The zero-order valence-electron chi connectivity index (χ0n) is 16.0. The topological polar surface area (TPSA) is 86.0 Å².